The van der Waals surface area contributed by atoms with E-state index in [4.69, 9.17) is 13.1 Å². The van der Waals surface area contributed by atoms with Gasteiger partial charge in [0.2, 0.25) is 0 Å². The molecule has 3 fully saturated rings. The lowest BCUT2D eigenvalue weighted by Crippen LogP contribution is -2.77. The second-order valence-electron chi connectivity index (χ2n) is 13.0. The van der Waals surface area contributed by atoms with E-state index in [-0.39, 0.29) is 17.6 Å². The predicted molar refractivity (Wildman–Crippen MR) is 163 cm³/mol. The Morgan fingerprint density at radius 1 is 1.00 bits per heavy atom. The number of nitrogens with zero attached hydrogens (tertiary/aromatic N) is 1. The van der Waals surface area contributed by atoms with Gasteiger partial charge < -0.3 is 9.84 Å². The molecule has 0 radical (unpaired) electrons. The van der Waals surface area contributed by atoms with Crippen molar-refractivity contribution in [3.05, 3.63) is 83.4 Å². The Kier molecular flexibility index (Phi) is 6.75. The Morgan fingerprint density at radius 3 is 2.58 bits per heavy atom. The topological polar surface area (TPSA) is 85.3 Å². The zero-order valence-electron chi connectivity index (χ0n) is 24.2. The summed E-state index contributed by atoms with van der Waals surface area (Å²) < 4.78 is 32.4. The first kappa shape index (κ1) is 27.5. The number of hydrogen-bond donors (Lipinski definition) is 1. The van der Waals surface area contributed by atoms with E-state index in [2.05, 4.69) is 41.3 Å². The van der Waals surface area contributed by atoms with Crippen LogP contribution in [-0.4, -0.2) is 57.4 Å². The fraction of sp³-hybridized carbons (Fsp3) is 0.457. The maximum absolute atomic E-state index is 13.6. The van der Waals surface area contributed by atoms with Gasteiger partial charge in [-0.25, -0.2) is 0 Å². The normalized spacial score (nSPS) is 29.6. The minimum absolute atomic E-state index is 0.0297. The van der Waals surface area contributed by atoms with Crippen LogP contribution in [0, 0.1) is 5.92 Å². The standard InChI is InChI=1S/C35H37NO6S/c37-28-15-14-27-21-30-35(42-43(39)40-20-4-5-23-10-12-26(13-11-23)25-6-2-1-3-7-25)17-16-29(38)33-34(35,31(27)32(28)41-33)18-19-36(30)22-24-8-9-24/h1-3,6-7,10-15,24,30,33,37H,4-5,8-9,16-22H2. The molecule has 8 heteroatoms. The third-order valence-electron chi connectivity index (χ3n) is 10.6. The number of Topliss-reactive ketones (excluding diaryl/α,β-unsaturated/α-hetero) is 1. The summed E-state index contributed by atoms with van der Waals surface area (Å²) in [6, 6.07) is 22.5. The summed E-state index contributed by atoms with van der Waals surface area (Å²) in [6.07, 6.45) is 5.37. The van der Waals surface area contributed by atoms with Gasteiger partial charge in [0.1, 0.15) is 5.60 Å². The highest BCUT2D eigenvalue weighted by atomic mass is 32.2. The second kappa shape index (κ2) is 10.5. The quantitative estimate of drug-likeness (QED) is 0.311. The molecule has 3 aliphatic carbocycles. The van der Waals surface area contributed by atoms with E-state index in [1.807, 2.05) is 24.3 Å². The number of hydrogen-bond acceptors (Lipinski definition) is 7. The molecule has 5 aliphatic rings. The van der Waals surface area contributed by atoms with Crippen molar-refractivity contribution >= 4 is 17.1 Å². The van der Waals surface area contributed by atoms with Crippen molar-refractivity contribution in [3.63, 3.8) is 0 Å². The minimum atomic E-state index is -2.00. The monoisotopic (exact) mass is 599 g/mol. The van der Waals surface area contributed by atoms with Crippen LogP contribution in [0.3, 0.4) is 0 Å². The molecule has 1 N–H and O–H groups in total. The molecule has 8 rings (SSSR count). The molecule has 1 spiro atoms. The SMILES string of the molecule is O=C1CCC2(OS(=O)OCCCc3ccc(-c4ccccc4)cc3)C3Cc4ccc(O)c5c4C2(CCN3CC2CC2)C1O5. The van der Waals surface area contributed by atoms with Gasteiger partial charge in [-0.1, -0.05) is 60.7 Å². The molecule has 3 aromatic carbocycles. The zero-order chi connectivity index (χ0) is 29.2. The molecule has 2 heterocycles. The number of ether oxygens (including phenoxy) is 1. The van der Waals surface area contributed by atoms with Gasteiger partial charge in [-0.15, -0.1) is 0 Å². The fourth-order valence-electron chi connectivity index (χ4n) is 8.45. The molecular weight excluding hydrogens is 562 g/mol. The van der Waals surface area contributed by atoms with Gasteiger partial charge in [0.25, 0.3) is 0 Å². The van der Waals surface area contributed by atoms with Crippen molar-refractivity contribution < 1.29 is 27.2 Å². The molecule has 3 aromatic rings. The molecule has 1 saturated heterocycles. The van der Waals surface area contributed by atoms with Crippen LogP contribution < -0.4 is 4.74 Å². The molecule has 7 nitrogen and oxygen atoms in total. The molecule has 2 aliphatic heterocycles. The molecule has 2 saturated carbocycles. The molecule has 224 valence electrons. The summed E-state index contributed by atoms with van der Waals surface area (Å²) in [7, 11) is 0. The number of phenolic OH excluding ortho intramolecular Hbond substituents is 1. The number of carbonyl (C=O) groups excluding carboxylic acids is 1. The predicted octanol–water partition coefficient (Wildman–Crippen LogP) is 5.44. The lowest BCUT2D eigenvalue weighted by Gasteiger charge is -2.63. The van der Waals surface area contributed by atoms with Crippen molar-refractivity contribution in [2.45, 2.75) is 74.5 Å². The van der Waals surface area contributed by atoms with E-state index < -0.39 is 28.5 Å². The fourth-order valence-corrected chi connectivity index (χ4v) is 9.34. The van der Waals surface area contributed by atoms with Crippen LogP contribution in [0.2, 0.25) is 0 Å². The molecule has 2 bridgehead atoms. The van der Waals surface area contributed by atoms with Crippen LogP contribution in [0.1, 0.15) is 55.2 Å². The third kappa shape index (κ3) is 4.40. The highest BCUT2D eigenvalue weighted by molar-refractivity contribution is 7.75. The van der Waals surface area contributed by atoms with Gasteiger partial charge in [-0.05, 0) is 85.7 Å². The number of carbonyl (C=O) groups is 1. The molecule has 0 aromatic heterocycles. The van der Waals surface area contributed by atoms with E-state index >= 15 is 0 Å². The van der Waals surface area contributed by atoms with Crippen molar-refractivity contribution in [1.29, 1.82) is 0 Å². The average Bonchev–Trinajstić information content (AvgIpc) is 3.77. The van der Waals surface area contributed by atoms with Crippen molar-refractivity contribution in [2.24, 2.45) is 5.92 Å². The van der Waals surface area contributed by atoms with Crippen LogP contribution in [0.5, 0.6) is 11.5 Å². The van der Waals surface area contributed by atoms with Gasteiger partial charge >= 0.3 is 11.4 Å². The van der Waals surface area contributed by atoms with Crippen LogP contribution >= 0.6 is 0 Å². The first-order valence-electron chi connectivity index (χ1n) is 15.7. The number of ketones is 1. The van der Waals surface area contributed by atoms with Crippen molar-refractivity contribution in [1.82, 2.24) is 4.90 Å². The largest absolute Gasteiger partial charge is 0.504 e. The number of piperidine rings is 1. The van der Waals surface area contributed by atoms with E-state index in [0.29, 0.717) is 50.4 Å². The summed E-state index contributed by atoms with van der Waals surface area (Å²) in [4.78, 5) is 15.9. The van der Waals surface area contributed by atoms with Gasteiger partial charge in [-0.2, -0.15) is 4.21 Å². The van der Waals surface area contributed by atoms with E-state index in [0.717, 1.165) is 30.6 Å². The minimum Gasteiger partial charge on any atom is -0.504 e. The average molecular weight is 600 g/mol. The lowest BCUT2D eigenvalue weighted by atomic mass is 9.49. The summed E-state index contributed by atoms with van der Waals surface area (Å²) in [6.45, 7) is 2.11. The number of aromatic hydroxyl groups is 1. The Labute approximate surface area is 255 Å². The molecule has 43 heavy (non-hydrogen) atoms. The van der Waals surface area contributed by atoms with Gasteiger partial charge in [0, 0.05) is 24.6 Å². The second-order valence-corrected chi connectivity index (χ2v) is 13.8. The van der Waals surface area contributed by atoms with Crippen molar-refractivity contribution in [2.75, 3.05) is 19.7 Å². The van der Waals surface area contributed by atoms with E-state index in [9.17, 15) is 14.1 Å². The third-order valence-corrected chi connectivity index (χ3v) is 11.4. The molecule has 5 atom stereocenters. The number of phenols is 1. The lowest BCUT2D eigenvalue weighted by molar-refractivity contribution is -0.177. The van der Waals surface area contributed by atoms with Gasteiger partial charge in [0.05, 0.1) is 12.0 Å². The number of rotatable bonds is 10. The maximum atomic E-state index is 13.6. The number of likely N-dealkylation sites (tertiary alicyclic amines) is 1. The number of benzene rings is 3. The summed E-state index contributed by atoms with van der Waals surface area (Å²) in [5.41, 5.74) is 3.88. The van der Waals surface area contributed by atoms with E-state index in [1.165, 1.54) is 29.5 Å². The maximum Gasteiger partial charge on any atom is 0.305 e. The molecular formula is C35H37NO6S. The Morgan fingerprint density at radius 2 is 1.79 bits per heavy atom. The van der Waals surface area contributed by atoms with Crippen LogP contribution in [0.4, 0.5) is 0 Å². The summed E-state index contributed by atoms with van der Waals surface area (Å²) >= 11 is -2.00. The van der Waals surface area contributed by atoms with Crippen LogP contribution in [-0.2, 0) is 42.8 Å². The summed E-state index contributed by atoms with van der Waals surface area (Å²) in [5, 5.41) is 10.8. The van der Waals surface area contributed by atoms with Gasteiger partial charge in [-0.3, -0.25) is 18.1 Å². The Bertz CT molecular complexity index is 1570. The first-order chi connectivity index (χ1) is 21.0. The molecule has 0 amide bonds. The highest BCUT2D eigenvalue weighted by Crippen LogP contribution is 2.66. The first-order valence-corrected chi connectivity index (χ1v) is 16.7. The van der Waals surface area contributed by atoms with E-state index in [1.54, 1.807) is 6.07 Å². The Hall–Kier alpha value is -3.04. The van der Waals surface area contributed by atoms with Crippen LogP contribution in [0.15, 0.2) is 66.7 Å². The smallest absolute Gasteiger partial charge is 0.305 e. The Balaban J connectivity index is 1.01. The van der Waals surface area contributed by atoms with Crippen molar-refractivity contribution in [3.8, 4) is 22.6 Å². The number of aryl methyl sites for hydroxylation is 1. The summed E-state index contributed by atoms with van der Waals surface area (Å²) in [5.74, 6) is 1.18. The van der Waals surface area contributed by atoms with Crippen LogP contribution in [0.25, 0.3) is 11.1 Å². The van der Waals surface area contributed by atoms with Gasteiger partial charge in [0.15, 0.2) is 23.4 Å². The highest BCUT2D eigenvalue weighted by Gasteiger charge is 2.75. The zero-order valence-corrected chi connectivity index (χ0v) is 25.0. The molecule has 5 unspecified atom stereocenters.